The molecule has 0 saturated heterocycles. The number of hydrogen-bond donors (Lipinski definition) is 4. The van der Waals surface area contributed by atoms with E-state index in [2.05, 4.69) is 0 Å². The van der Waals surface area contributed by atoms with E-state index >= 15 is 0 Å². The van der Waals surface area contributed by atoms with Crippen LogP contribution in [0.4, 0.5) is 0 Å². The van der Waals surface area contributed by atoms with Gasteiger partial charge in [0.05, 0.1) is 6.10 Å². The van der Waals surface area contributed by atoms with Gasteiger partial charge in [-0.25, -0.2) is 0 Å². The van der Waals surface area contributed by atoms with Gasteiger partial charge in [0.2, 0.25) is 0 Å². The average Bonchev–Trinajstić information content (AvgIpc) is 2.43. The largest absolute Gasteiger partial charge is 0.504 e. The van der Waals surface area contributed by atoms with Crippen molar-refractivity contribution in [1.29, 1.82) is 0 Å². The molecule has 1 aliphatic heterocycles. The molecule has 104 valence electrons. The molecule has 5 nitrogen and oxygen atoms in total. The summed E-state index contributed by atoms with van der Waals surface area (Å²) in [6.45, 7) is 0. The molecule has 3 rings (SSSR count). The first-order valence-corrected chi connectivity index (χ1v) is 6.23. The smallest absolute Gasteiger partial charge is 0.200 e. The molecule has 0 spiro atoms. The number of fused-ring (bicyclic) bond motifs is 1. The summed E-state index contributed by atoms with van der Waals surface area (Å²) >= 11 is 0. The van der Waals surface area contributed by atoms with Gasteiger partial charge in [0.1, 0.15) is 5.75 Å². The molecular formula is C15H14O5. The summed E-state index contributed by atoms with van der Waals surface area (Å²) in [4.78, 5) is 0. The molecule has 2 atom stereocenters. The number of phenols is 3. The number of phenolic OH excluding ortho intramolecular Hbond substituents is 3. The van der Waals surface area contributed by atoms with Crippen LogP contribution in [0.1, 0.15) is 17.2 Å². The van der Waals surface area contributed by atoms with Gasteiger partial charge in [-0.1, -0.05) is 18.2 Å². The Bertz CT molecular complexity index is 629. The summed E-state index contributed by atoms with van der Waals surface area (Å²) < 4.78 is 5.73. The zero-order valence-corrected chi connectivity index (χ0v) is 10.5. The fourth-order valence-corrected chi connectivity index (χ4v) is 2.41. The van der Waals surface area contributed by atoms with E-state index in [1.54, 1.807) is 6.07 Å². The van der Waals surface area contributed by atoms with Crippen LogP contribution in [0.5, 0.6) is 23.0 Å². The number of aromatic hydroxyl groups is 3. The van der Waals surface area contributed by atoms with Gasteiger partial charge in [0.25, 0.3) is 0 Å². The van der Waals surface area contributed by atoms with Crippen LogP contribution in [0.15, 0.2) is 36.4 Å². The first-order chi connectivity index (χ1) is 9.56. The summed E-state index contributed by atoms with van der Waals surface area (Å²) in [5.74, 6) is -0.821. The van der Waals surface area contributed by atoms with Crippen LogP contribution in [0.2, 0.25) is 0 Å². The number of para-hydroxylation sites is 1. The number of benzene rings is 2. The molecule has 1 heterocycles. The van der Waals surface area contributed by atoms with Crippen LogP contribution in [-0.2, 0) is 6.42 Å². The van der Waals surface area contributed by atoms with Crippen molar-refractivity contribution in [1.82, 2.24) is 0 Å². The van der Waals surface area contributed by atoms with Crippen LogP contribution in [0, 0.1) is 0 Å². The molecule has 5 heteroatoms. The van der Waals surface area contributed by atoms with Crippen molar-refractivity contribution in [3.05, 3.63) is 47.5 Å². The predicted octanol–water partition coefficient (Wildman–Crippen LogP) is 1.84. The van der Waals surface area contributed by atoms with Gasteiger partial charge in [-0.2, -0.15) is 0 Å². The summed E-state index contributed by atoms with van der Waals surface area (Å²) in [7, 11) is 0. The molecular weight excluding hydrogens is 260 g/mol. The summed E-state index contributed by atoms with van der Waals surface area (Å²) in [5, 5.41) is 38.6. The van der Waals surface area contributed by atoms with Gasteiger partial charge in [0, 0.05) is 12.0 Å². The summed E-state index contributed by atoms with van der Waals surface area (Å²) in [5.41, 5.74) is 1.31. The lowest BCUT2D eigenvalue weighted by Crippen LogP contribution is -2.30. The van der Waals surface area contributed by atoms with E-state index in [1.807, 2.05) is 18.2 Å². The van der Waals surface area contributed by atoms with Crippen molar-refractivity contribution in [2.75, 3.05) is 0 Å². The van der Waals surface area contributed by atoms with E-state index in [1.165, 1.54) is 12.1 Å². The fraction of sp³-hybridized carbons (Fsp3) is 0.200. The van der Waals surface area contributed by atoms with Crippen molar-refractivity contribution in [3.63, 3.8) is 0 Å². The number of rotatable bonds is 1. The van der Waals surface area contributed by atoms with Gasteiger partial charge in [-0.05, 0) is 23.8 Å². The van der Waals surface area contributed by atoms with E-state index in [0.29, 0.717) is 17.7 Å². The van der Waals surface area contributed by atoms with Crippen molar-refractivity contribution >= 4 is 0 Å². The Labute approximate surface area is 115 Å². The first-order valence-electron chi connectivity index (χ1n) is 6.23. The third-order valence-corrected chi connectivity index (χ3v) is 3.43. The highest BCUT2D eigenvalue weighted by Crippen LogP contribution is 2.41. The number of hydrogen-bond acceptors (Lipinski definition) is 5. The maximum absolute atomic E-state index is 10.2. The maximum atomic E-state index is 10.2. The minimum Gasteiger partial charge on any atom is -0.504 e. The van der Waals surface area contributed by atoms with Crippen molar-refractivity contribution in [2.45, 2.75) is 18.6 Å². The van der Waals surface area contributed by atoms with E-state index in [9.17, 15) is 20.4 Å². The van der Waals surface area contributed by atoms with Gasteiger partial charge in [-0.15, -0.1) is 0 Å². The number of aliphatic hydroxyl groups excluding tert-OH is 1. The molecule has 0 aliphatic carbocycles. The third-order valence-electron chi connectivity index (χ3n) is 3.43. The zero-order valence-electron chi connectivity index (χ0n) is 10.5. The lowest BCUT2D eigenvalue weighted by Gasteiger charge is -2.31. The van der Waals surface area contributed by atoms with E-state index < -0.39 is 29.5 Å². The SMILES string of the molecule is Oc1cc([C@H]2Oc3ccccc3C[C@H]2O)cc(O)c1O. The normalized spacial score (nSPS) is 21.1. The Morgan fingerprint density at radius 2 is 1.65 bits per heavy atom. The van der Waals surface area contributed by atoms with E-state index in [4.69, 9.17) is 4.74 Å². The lowest BCUT2D eigenvalue weighted by atomic mass is 9.94. The van der Waals surface area contributed by atoms with Gasteiger partial charge in [0.15, 0.2) is 23.4 Å². The Kier molecular flexibility index (Phi) is 2.91. The van der Waals surface area contributed by atoms with Crippen LogP contribution in [0.3, 0.4) is 0 Å². The minimum absolute atomic E-state index is 0.403. The standard InChI is InChI=1S/C15H14O5/c16-10-6-9(7-11(17)14(10)19)15-12(18)5-8-3-1-2-4-13(8)20-15/h1-4,6-7,12,15-19H,5H2/t12-,15-/m1/s1. The number of aliphatic hydroxyl groups is 1. The van der Waals surface area contributed by atoms with E-state index in [0.717, 1.165) is 5.56 Å². The third kappa shape index (κ3) is 2.02. The Hall–Kier alpha value is -2.40. The predicted molar refractivity (Wildman–Crippen MR) is 71.0 cm³/mol. The molecule has 0 amide bonds. The second-order valence-corrected chi connectivity index (χ2v) is 4.83. The highest BCUT2D eigenvalue weighted by atomic mass is 16.5. The van der Waals surface area contributed by atoms with Crippen LogP contribution >= 0.6 is 0 Å². The van der Waals surface area contributed by atoms with Crippen molar-refractivity contribution in [2.24, 2.45) is 0 Å². The molecule has 20 heavy (non-hydrogen) atoms. The molecule has 2 aromatic carbocycles. The van der Waals surface area contributed by atoms with Crippen LogP contribution in [0.25, 0.3) is 0 Å². The Morgan fingerprint density at radius 3 is 2.35 bits per heavy atom. The molecule has 0 aromatic heterocycles. The molecule has 4 N–H and O–H groups in total. The first kappa shape index (κ1) is 12.6. The molecule has 0 unspecified atom stereocenters. The Balaban J connectivity index is 1.99. The highest BCUT2D eigenvalue weighted by Gasteiger charge is 2.30. The van der Waals surface area contributed by atoms with Gasteiger partial charge < -0.3 is 25.2 Å². The molecule has 0 fully saturated rings. The lowest BCUT2D eigenvalue weighted by molar-refractivity contribution is 0.0206. The molecule has 0 radical (unpaired) electrons. The topological polar surface area (TPSA) is 90.2 Å². The van der Waals surface area contributed by atoms with Gasteiger partial charge in [-0.3, -0.25) is 0 Å². The van der Waals surface area contributed by atoms with E-state index in [-0.39, 0.29) is 0 Å². The Morgan fingerprint density at radius 1 is 1.00 bits per heavy atom. The summed E-state index contributed by atoms with van der Waals surface area (Å²) in [6, 6.07) is 9.93. The molecule has 0 saturated carbocycles. The second kappa shape index (κ2) is 4.61. The fourth-order valence-electron chi connectivity index (χ4n) is 2.41. The average molecular weight is 274 g/mol. The van der Waals surface area contributed by atoms with Crippen molar-refractivity contribution in [3.8, 4) is 23.0 Å². The molecule has 0 bridgehead atoms. The van der Waals surface area contributed by atoms with Gasteiger partial charge >= 0.3 is 0 Å². The molecule has 1 aliphatic rings. The van der Waals surface area contributed by atoms with Crippen LogP contribution < -0.4 is 4.74 Å². The zero-order chi connectivity index (χ0) is 14.3. The number of ether oxygens (including phenoxy) is 1. The second-order valence-electron chi connectivity index (χ2n) is 4.83. The maximum Gasteiger partial charge on any atom is 0.200 e. The van der Waals surface area contributed by atoms with Crippen LogP contribution in [-0.4, -0.2) is 26.5 Å². The molecule has 2 aromatic rings. The highest BCUT2D eigenvalue weighted by molar-refractivity contribution is 5.52. The summed E-state index contributed by atoms with van der Waals surface area (Å²) in [6.07, 6.45) is -1.08. The monoisotopic (exact) mass is 274 g/mol. The quantitative estimate of drug-likeness (QED) is 0.596. The van der Waals surface area contributed by atoms with Crippen molar-refractivity contribution < 1.29 is 25.2 Å². The minimum atomic E-state index is -0.798.